The van der Waals surface area contributed by atoms with Crippen molar-refractivity contribution in [1.29, 1.82) is 0 Å². The van der Waals surface area contributed by atoms with Crippen molar-refractivity contribution in [1.82, 2.24) is 24.7 Å². The number of hydrogen-bond acceptors (Lipinski definition) is 4. The van der Waals surface area contributed by atoms with Crippen LogP contribution in [0.3, 0.4) is 0 Å². The molecule has 1 heterocycles. The Labute approximate surface area is 180 Å². The van der Waals surface area contributed by atoms with Crippen molar-refractivity contribution in [2.45, 2.75) is 41.2 Å². The molecule has 0 atom stereocenters. The molecule has 166 valence electrons. The van der Waals surface area contributed by atoms with E-state index in [0.29, 0.717) is 38.7 Å². The zero-order valence-corrected chi connectivity index (χ0v) is 19.5. The molecule has 1 aromatic heterocycles. The van der Waals surface area contributed by atoms with Crippen LogP contribution >= 0.6 is 0 Å². The fraction of sp³-hybridized carbons (Fsp3) is 0.524. The minimum atomic E-state index is -3.27. The zero-order chi connectivity index (χ0) is 22.1. The standard InChI is InChI=1S/C21H34N6O2S/c1-6-22-21(23-13-14-30(28,29)26(7-2)8-3)24-16-19-11-9-10-12-20(19)27-18(5)15-17(4)25-27/h9-12,15H,6-8,13-14,16H2,1-5H3,(H2,22,23,24). The summed E-state index contributed by atoms with van der Waals surface area (Å²) in [5, 5.41) is 10.9. The molecule has 2 rings (SSSR count). The maximum absolute atomic E-state index is 12.4. The summed E-state index contributed by atoms with van der Waals surface area (Å²) in [7, 11) is -3.27. The molecule has 0 aliphatic rings. The van der Waals surface area contributed by atoms with Gasteiger partial charge in [0.05, 0.1) is 23.7 Å². The van der Waals surface area contributed by atoms with Crippen molar-refractivity contribution in [2.24, 2.45) is 4.99 Å². The lowest BCUT2D eigenvalue weighted by Crippen LogP contribution is -2.42. The van der Waals surface area contributed by atoms with E-state index in [-0.39, 0.29) is 5.75 Å². The molecule has 8 nitrogen and oxygen atoms in total. The van der Waals surface area contributed by atoms with Crippen LogP contribution in [0.2, 0.25) is 0 Å². The van der Waals surface area contributed by atoms with Crippen LogP contribution in [-0.2, 0) is 16.6 Å². The highest BCUT2D eigenvalue weighted by Crippen LogP contribution is 2.17. The lowest BCUT2D eigenvalue weighted by molar-refractivity contribution is 0.445. The summed E-state index contributed by atoms with van der Waals surface area (Å²) in [6.45, 7) is 12.1. The van der Waals surface area contributed by atoms with Crippen molar-refractivity contribution >= 4 is 16.0 Å². The van der Waals surface area contributed by atoms with E-state index in [4.69, 9.17) is 0 Å². The molecular formula is C21H34N6O2S. The average Bonchev–Trinajstić information content (AvgIpc) is 3.04. The highest BCUT2D eigenvalue weighted by molar-refractivity contribution is 7.89. The summed E-state index contributed by atoms with van der Waals surface area (Å²) in [5.41, 5.74) is 4.06. The number of aliphatic imine (C=N–C) groups is 1. The molecule has 9 heteroatoms. The van der Waals surface area contributed by atoms with Crippen LogP contribution in [0.15, 0.2) is 35.3 Å². The minimum Gasteiger partial charge on any atom is -0.357 e. The summed E-state index contributed by atoms with van der Waals surface area (Å²) in [6.07, 6.45) is 0. The molecule has 2 N–H and O–H groups in total. The number of rotatable bonds is 10. The van der Waals surface area contributed by atoms with Gasteiger partial charge in [0, 0.05) is 31.9 Å². The molecule has 0 radical (unpaired) electrons. The lowest BCUT2D eigenvalue weighted by Gasteiger charge is -2.19. The van der Waals surface area contributed by atoms with E-state index in [1.807, 2.05) is 69.6 Å². The zero-order valence-electron chi connectivity index (χ0n) is 18.6. The second kappa shape index (κ2) is 11.1. The van der Waals surface area contributed by atoms with Crippen molar-refractivity contribution in [3.8, 4) is 5.69 Å². The highest BCUT2D eigenvalue weighted by Gasteiger charge is 2.18. The Morgan fingerprint density at radius 1 is 1.13 bits per heavy atom. The first kappa shape index (κ1) is 23.9. The van der Waals surface area contributed by atoms with Crippen LogP contribution in [0, 0.1) is 13.8 Å². The number of para-hydroxylation sites is 1. The number of nitrogens with zero attached hydrogens (tertiary/aromatic N) is 4. The molecule has 1 aromatic carbocycles. The number of guanidine groups is 1. The van der Waals surface area contributed by atoms with Gasteiger partial charge in [-0.3, -0.25) is 0 Å². The van der Waals surface area contributed by atoms with Gasteiger partial charge in [0.25, 0.3) is 0 Å². The topological polar surface area (TPSA) is 91.6 Å². The van der Waals surface area contributed by atoms with Gasteiger partial charge in [-0.1, -0.05) is 32.0 Å². The fourth-order valence-corrected chi connectivity index (χ4v) is 4.68. The molecule has 30 heavy (non-hydrogen) atoms. The van der Waals surface area contributed by atoms with Gasteiger partial charge in [0.2, 0.25) is 10.0 Å². The molecule has 0 aliphatic carbocycles. The summed E-state index contributed by atoms with van der Waals surface area (Å²) in [5.74, 6) is 0.622. The largest absolute Gasteiger partial charge is 0.357 e. The molecule has 0 saturated heterocycles. The Morgan fingerprint density at radius 2 is 1.83 bits per heavy atom. The van der Waals surface area contributed by atoms with E-state index in [9.17, 15) is 8.42 Å². The lowest BCUT2D eigenvalue weighted by atomic mass is 10.2. The van der Waals surface area contributed by atoms with Gasteiger partial charge in [-0.2, -0.15) is 5.10 Å². The Bertz CT molecular complexity index is 948. The number of benzene rings is 1. The van der Waals surface area contributed by atoms with Crippen molar-refractivity contribution in [3.63, 3.8) is 0 Å². The van der Waals surface area contributed by atoms with Crippen molar-refractivity contribution in [2.75, 3.05) is 31.9 Å². The molecule has 0 amide bonds. The monoisotopic (exact) mass is 434 g/mol. The molecule has 0 bridgehead atoms. The molecule has 0 aliphatic heterocycles. The number of aryl methyl sites for hydroxylation is 2. The first-order valence-electron chi connectivity index (χ1n) is 10.4. The van der Waals surface area contributed by atoms with Crippen LogP contribution in [0.1, 0.15) is 37.7 Å². The number of hydrogen-bond donors (Lipinski definition) is 2. The minimum absolute atomic E-state index is 0.0292. The normalized spacial score (nSPS) is 12.4. The average molecular weight is 435 g/mol. The van der Waals surface area contributed by atoms with E-state index < -0.39 is 10.0 Å². The summed E-state index contributed by atoms with van der Waals surface area (Å²) < 4.78 is 28.1. The molecular weight excluding hydrogens is 400 g/mol. The summed E-state index contributed by atoms with van der Waals surface area (Å²) >= 11 is 0. The maximum Gasteiger partial charge on any atom is 0.215 e. The predicted octanol–water partition coefficient (Wildman–Crippen LogP) is 2.22. The van der Waals surface area contributed by atoms with Crippen molar-refractivity contribution in [3.05, 3.63) is 47.3 Å². The molecule has 0 unspecified atom stereocenters. The maximum atomic E-state index is 12.4. The van der Waals surface area contributed by atoms with Gasteiger partial charge in [0.15, 0.2) is 5.96 Å². The Morgan fingerprint density at radius 3 is 2.43 bits per heavy atom. The van der Waals surface area contributed by atoms with Gasteiger partial charge < -0.3 is 10.6 Å². The van der Waals surface area contributed by atoms with Gasteiger partial charge in [-0.05, 0) is 38.5 Å². The van der Waals surface area contributed by atoms with Crippen LogP contribution < -0.4 is 10.6 Å². The molecule has 2 aromatic rings. The van der Waals surface area contributed by atoms with Crippen LogP contribution in [0.25, 0.3) is 5.69 Å². The van der Waals surface area contributed by atoms with E-state index >= 15 is 0 Å². The van der Waals surface area contributed by atoms with Crippen LogP contribution in [0.4, 0.5) is 0 Å². The first-order chi connectivity index (χ1) is 14.3. The SMILES string of the molecule is CCNC(=NCc1ccccc1-n1nc(C)cc1C)NCCS(=O)(=O)N(CC)CC. The third kappa shape index (κ3) is 6.30. The van der Waals surface area contributed by atoms with E-state index in [0.717, 1.165) is 22.6 Å². The van der Waals surface area contributed by atoms with Gasteiger partial charge in [0.1, 0.15) is 0 Å². The highest BCUT2D eigenvalue weighted by atomic mass is 32.2. The quantitative estimate of drug-likeness (QED) is 0.442. The summed E-state index contributed by atoms with van der Waals surface area (Å²) in [6, 6.07) is 10.1. The Kier molecular flexibility index (Phi) is 8.86. The Balaban J connectivity index is 2.11. The fourth-order valence-electron chi connectivity index (χ4n) is 3.27. The number of nitrogens with one attached hydrogen (secondary N) is 2. The third-order valence-corrected chi connectivity index (χ3v) is 6.76. The molecule has 0 saturated carbocycles. The first-order valence-corrected chi connectivity index (χ1v) is 12.0. The molecule has 0 spiro atoms. The summed E-state index contributed by atoms with van der Waals surface area (Å²) in [4.78, 5) is 4.66. The second-order valence-electron chi connectivity index (χ2n) is 6.99. The van der Waals surface area contributed by atoms with Gasteiger partial charge >= 0.3 is 0 Å². The third-order valence-electron chi connectivity index (χ3n) is 4.73. The van der Waals surface area contributed by atoms with E-state index in [2.05, 4.69) is 20.7 Å². The number of sulfonamides is 1. The second-order valence-corrected chi connectivity index (χ2v) is 9.08. The van der Waals surface area contributed by atoms with Crippen molar-refractivity contribution < 1.29 is 8.42 Å². The molecule has 0 fully saturated rings. The number of aromatic nitrogens is 2. The van der Waals surface area contributed by atoms with Crippen LogP contribution in [-0.4, -0.2) is 60.4 Å². The van der Waals surface area contributed by atoms with Gasteiger partial charge in [-0.15, -0.1) is 0 Å². The van der Waals surface area contributed by atoms with E-state index in [1.54, 1.807) is 0 Å². The predicted molar refractivity (Wildman–Crippen MR) is 123 cm³/mol. The Hall–Kier alpha value is -2.39. The van der Waals surface area contributed by atoms with Crippen LogP contribution in [0.5, 0.6) is 0 Å². The van der Waals surface area contributed by atoms with Gasteiger partial charge in [-0.25, -0.2) is 22.4 Å². The smallest absolute Gasteiger partial charge is 0.215 e. The van der Waals surface area contributed by atoms with E-state index in [1.165, 1.54) is 4.31 Å².